The predicted octanol–water partition coefficient (Wildman–Crippen LogP) is 3.69. The van der Waals surface area contributed by atoms with Gasteiger partial charge in [0.15, 0.2) is 0 Å². The fourth-order valence-corrected chi connectivity index (χ4v) is 0.857. The fourth-order valence-electron chi connectivity index (χ4n) is 0.549. The Kier molecular flexibility index (Phi) is 20.6. The molecule has 0 fully saturated rings. The summed E-state index contributed by atoms with van der Waals surface area (Å²) in [5, 5.41) is 0. The van der Waals surface area contributed by atoms with Crippen molar-refractivity contribution in [2.75, 3.05) is 0 Å². The van der Waals surface area contributed by atoms with Crippen LogP contribution >= 0.6 is 23.2 Å². The maximum absolute atomic E-state index is 5.48. The molecule has 0 atom stereocenters. The number of hydrogen-bond acceptors (Lipinski definition) is 2. The Balaban J connectivity index is -0.000000245. The van der Waals surface area contributed by atoms with Crippen molar-refractivity contribution in [2.45, 2.75) is 37.4 Å². The first kappa shape index (κ1) is 16.8. The van der Waals surface area contributed by atoms with E-state index >= 15 is 0 Å². The minimum atomic E-state index is -0.151. The van der Waals surface area contributed by atoms with Gasteiger partial charge in [-0.15, -0.1) is 23.2 Å². The van der Waals surface area contributed by atoms with Gasteiger partial charge < -0.3 is 12.3 Å². The minimum absolute atomic E-state index is 0. The smallest absolute Gasteiger partial charge is 0.107 e. The van der Waals surface area contributed by atoms with Crippen LogP contribution in [0.1, 0.15) is 32.6 Å². The summed E-state index contributed by atoms with van der Waals surface area (Å²) < 4.78 is 0. The van der Waals surface area contributed by atoms with Gasteiger partial charge in [0, 0.05) is 0 Å². The number of rotatable bonds is 4. The standard InChI is InChI=1S/C6H12Cl2.2H3N/c1-2-3-4-5-6(7)8;;/h6H,2-5H2,1H3;2*1H3. The van der Waals surface area contributed by atoms with Crippen LogP contribution in [0, 0.1) is 0 Å². The first-order valence-corrected chi connectivity index (χ1v) is 3.92. The number of hydrogen-bond donors (Lipinski definition) is 2. The van der Waals surface area contributed by atoms with Crippen LogP contribution < -0.4 is 12.3 Å². The van der Waals surface area contributed by atoms with Gasteiger partial charge in [-0.1, -0.05) is 26.2 Å². The SMILES string of the molecule is CCCCCC(Cl)Cl.N.N. The molecular weight excluding hydrogens is 171 g/mol. The van der Waals surface area contributed by atoms with E-state index in [1.54, 1.807) is 0 Å². The molecule has 66 valence electrons. The lowest BCUT2D eigenvalue weighted by Gasteiger charge is -1.96. The highest BCUT2D eigenvalue weighted by Gasteiger charge is 1.95. The van der Waals surface area contributed by atoms with Crippen molar-refractivity contribution in [1.82, 2.24) is 12.3 Å². The van der Waals surface area contributed by atoms with E-state index in [1.165, 1.54) is 12.8 Å². The number of alkyl halides is 2. The van der Waals surface area contributed by atoms with Gasteiger partial charge >= 0.3 is 0 Å². The average molecular weight is 189 g/mol. The Morgan fingerprint density at radius 3 is 1.90 bits per heavy atom. The maximum Gasteiger partial charge on any atom is 0.107 e. The Morgan fingerprint density at radius 2 is 1.60 bits per heavy atom. The molecule has 0 saturated carbocycles. The molecule has 0 aliphatic rings. The Hall–Kier alpha value is 0.500. The molecule has 10 heavy (non-hydrogen) atoms. The minimum Gasteiger partial charge on any atom is -0.344 e. The van der Waals surface area contributed by atoms with Crippen molar-refractivity contribution < 1.29 is 0 Å². The Labute approximate surface area is 73.4 Å². The van der Waals surface area contributed by atoms with E-state index in [4.69, 9.17) is 23.2 Å². The molecule has 0 aliphatic carbocycles. The molecule has 0 saturated heterocycles. The van der Waals surface area contributed by atoms with Crippen LogP contribution in [0.5, 0.6) is 0 Å². The third-order valence-corrected chi connectivity index (χ3v) is 1.46. The van der Waals surface area contributed by atoms with E-state index in [9.17, 15) is 0 Å². The molecule has 0 unspecified atom stereocenters. The average Bonchev–Trinajstić information content (AvgIpc) is 1.66. The summed E-state index contributed by atoms with van der Waals surface area (Å²) in [4.78, 5) is -0.151. The van der Waals surface area contributed by atoms with Crippen molar-refractivity contribution in [3.05, 3.63) is 0 Å². The molecular formula is C6H18Cl2N2. The summed E-state index contributed by atoms with van der Waals surface area (Å²) in [6.07, 6.45) is 4.58. The second-order valence-corrected chi connectivity index (χ2v) is 3.16. The lowest BCUT2D eigenvalue weighted by molar-refractivity contribution is 0.692. The molecule has 0 bridgehead atoms. The Bertz CT molecular complexity index is 51.0. The largest absolute Gasteiger partial charge is 0.344 e. The van der Waals surface area contributed by atoms with Crippen molar-refractivity contribution in [3.63, 3.8) is 0 Å². The van der Waals surface area contributed by atoms with E-state index < -0.39 is 0 Å². The summed E-state index contributed by atoms with van der Waals surface area (Å²) in [6.45, 7) is 2.16. The van der Waals surface area contributed by atoms with Crippen molar-refractivity contribution >= 4 is 23.2 Å². The van der Waals surface area contributed by atoms with Crippen LogP contribution in [-0.2, 0) is 0 Å². The molecule has 4 heteroatoms. The van der Waals surface area contributed by atoms with E-state index in [0.717, 1.165) is 12.8 Å². The molecule has 0 aromatic heterocycles. The van der Waals surface area contributed by atoms with E-state index in [0.29, 0.717) is 0 Å². The second-order valence-electron chi connectivity index (χ2n) is 1.89. The highest BCUT2D eigenvalue weighted by atomic mass is 35.5. The molecule has 0 rings (SSSR count). The highest BCUT2D eigenvalue weighted by molar-refractivity contribution is 6.44. The van der Waals surface area contributed by atoms with Crippen LogP contribution in [0.25, 0.3) is 0 Å². The molecule has 0 radical (unpaired) electrons. The molecule has 0 heterocycles. The lowest BCUT2D eigenvalue weighted by atomic mass is 10.2. The third-order valence-electron chi connectivity index (χ3n) is 1.03. The van der Waals surface area contributed by atoms with Gasteiger partial charge in [0.1, 0.15) is 4.84 Å². The molecule has 0 amide bonds. The predicted molar refractivity (Wildman–Crippen MR) is 49.7 cm³/mol. The van der Waals surface area contributed by atoms with Gasteiger partial charge in [0.05, 0.1) is 0 Å². The first-order chi connectivity index (χ1) is 3.77. The molecule has 6 N–H and O–H groups in total. The third kappa shape index (κ3) is 15.8. The zero-order valence-electron chi connectivity index (χ0n) is 6.58. The number of unbranched alkanes of at least 4 members (excludes halogenated alkanes) is 2. The van der Waals surface area contributed by atoms with Crippen LogP contribution in [0.15, 0.2) is 0 Å². The summed E-state index contributed by atoms with van der Waals surface area (Å²) in [5.74, 6) is 0. The van der Waals surface area contributed by atoms with Crippen molar-refractivity contribution in [3.8, 4) is 0 Å². The van der Waals surface area contributed by atoms with Gasteiger partial charge in [0.2, 0.25) is 0 Å². The van der Waals surface area contributed by atoms with Crippen LogP contribution in [0.4, 0.5) is 0 Å². The van der Waals surface area contributed by atoms with Gasteiger partial charge in [-0.3, -0.25) is 0 Å². The van der Waals surface area contributed by atoms with E-state index in [-0.39, 0.29) is 17.1 Å². The quantitative estimate of drug-likeness (QED) is 0.522. The van der Waals surface area contributed by atoms with Gasteiger partial charge in [-0.25, -0.2) is 0 Å². The summed E-state index contributed by atoms with van der Waals surface area (Å²) in [6, 6.07) is 0. The maximum atomic E-state index is 5.48. The van der Waals surface area contributed by atoms with E-state index in [1.807, 2.05) is 0 Å². The van der Waals surface area contributed by atoms with Crippen LogP contribution in [0.3, 0.4) is 0 Å². The van der Waals surface area contributed by atoms with Gasteiger partial charge in [0.25, 0.3) is 0 Å². The topological polar surface area (TPSA) is 70.0 Å². The molecule has 2 nitrogen and oxygen atoms in total. The zero-order chi connectivity index (χ0) is 6.41. The van der Waals surface area contributed by atoms with Crippen LogP contribution in [-0.4, -0.2) is 4.84 Å². The Morgan fingerprint density at radius 1 is 1.10 bits per heavy atom. The first-order valence-electron chi connectivity index (χ1n) is 3.05. The fraction of sp³-hybridized carbons (Fsp3) is 1.00. The monoisotopic (exact) mass is 188 g/mol. The van der Waals surface area contributed by atoms with E-state index in [2.05, 4.69) is 6.92 Å². The zero-order valence-corrected chi connectivity index (χ0v) is 8.09. The molecule has 0 aliphatic heterocycles. The summed E-state index contributed by atoms with van der Waals surface area (Å²) >= 11 is 11.0. The van der Waals surface area contributed by atoms with Gasteiger partial charge in [-0.05, 0) is 6.42 Å². The van der Waals surface area contributed by atoms with Crippen LogP contribution in [0.2, 0.25) is 0 Å². The van der Waals surface area contributed by atoms with Gasteiger partial charge in [-0.2, -0.15) is 0 Å². The molecule has 0 aromatic rings. The lowest BCUT2D eigenvalue weighted by Crippen LogP contribution is -1.84. The second kappa shape index (κ2) is 12.2. The summed E-state index contributed by atoms with van der Waals surface area (Å²) in [5.41, 5.74) is 0. The summed E-state index contributed by atoms with van der Waals surface area (Å²) in [7, 11) is 0. The molecule has 0 spiro atoms. The number of halogens is 2. The highest BCUT2D eigenvalue weighted by Crippen LogP contribution is 2.11. The normalized spacial score (nSPS) is 8.40. The van der Waals surface area contributed by atoms with Crippen molar-refractivity contribution in [2.24, 2.45) is 0 Å². The van der Waals surface area contributed by atoms with Crippen molar-refractivity contribution in [1.29, 1.82) is 0 Å². The molecule has 0 aromatic carbocycles.